The topological polar surface area (TPSA) is 90.7 Å². The Morgan fingerprint density at radius 1 is 0.842 bits per heavy atom. The Morgan fingerprint density at radius 3 is 2.32 bits per heavy atom. The van der Waals surface area contributed by atoms with Crippen molar-refractivity contribution < 1.29 is 33.0 Å². The van der Waals surface area contributed by atoms with Crippen molar-refractivity contribution in [2.45, 2.75) is 19.4 Å². The lowest BCUT2D eigenvalue weighted by molar-refractivity contribution is -0.142. The van der Waals surface area contributed by atoms with Gasteiger partial charge < -0.3 is 33.2 Å². The molecule has 3 aromatic rings. The molecule has 0 N–H and O–H groups in total. The average molecular weight is 525 g/mol. The number of carbonyl (C=O) groups is 2. The minimum atomic E-state index is -0.267. The van der Waals surface area contributed by atoms with Crippen molar-refractivity contribution >= 4 is 11.8 Å². The average Bonchev–Trinajstić information content (AvgIpc) is 3.47. The van der Waals surface area contributed by atoms with Crippen LogP contribution < -0.4 is 14.2 Å². The summed E-state index contributed by atoms with van der Waals surface area (Å²) < 4.78 is 27.0. The predicted molar refractivity (Wildman–Crippen MR) is 142 cm³/mol. The fourth-order valence-corrected chi connectivity index (χ4v) is 3.89. The molecule has 3 rings (SSSR count). The molecular formula is C29H36N2O7. The van der Waals surface area contributed by atoms with Crippen molar-refractivity contribution in [3.05, 3.63) is 78.3 Å². The minimum Gasteiger partial charge on any atom is -0.493 e. The van der Waals surface area contributed by atoms with E-state index in [1.807, 2.05) is 42.5 Å². The summed E-state index contributed by atoms with van der Waals surface area (Å²) in [4.78, 5) is 29.8. The number of benzene rings is 2. The lowest BCUT2D eigenvalue weighted by Crippen LogP contribution is -2.45. The zero-order chi connectivity index (χ0) is 27.2. The number of rotatable bonds is 16. The van der Waals surface area contributed by atoms with Gasteiger partial charge in [-0.1, -0.05) is 24.3 Å². The van der Waals surface area contributed by atoms with Gasteiger partial charge in [0.25, 0.3) is 5.91 Å². The molecule has 2 amide bonds. The van der Waals surface area contributed by atoms with Gasteiger partial charge in [-0.3, -0.25) is 9.59 Å². The molecule has 0 radical (unpaired) electrons. The molecule has 204 valence electrons. The number of carbonyl (C=O) groups excluding carboxylic acids is 2. The number of ether oxygens (including phenoxy) is 4. The highest BCUT2D eigenvalue weighted by atomic mass is 16.5. The van der Waals surface area contributed by atoms with Gasteiger partial charge in [-0.15, -0.1) is 0 Å². The fraction of sp³-hybridized carbons (Fsp3) is 0.379. The molecule has 0 fully saturated rings. The number of hydrogen-bond acceptors (Lipinski definition) is 7. The van der Waals surface area contributed by atoms with Crippen molar-refractivity contribution in [1.29, 1.82) is 0 Å². The Bertz CT molecular complexity index is 1120. The van der Waals surface area contributed by atoms with E-state index >= 15 is 0 Å². The van der Waals surface area contributed by atoms with Crippen LogP contribution in [-0.4, -0.2) is 75.8 Å². The largest absolute Gasteiger partial charge is 0.493 e. The summed E-state index contributed by atoms with van der Waals surface area (Å²) in [6, 6.07) is 18.4. The molecule has 0 saturated heterocycles. The first-order valence-electron chi connectivity index (χ1n) is 12.5. The van der Waals surface area contributed by atoms with Gasteiger partial charge in [0.15, 0.2) is 18.1 Å². The second-order valence-electron chi connectivity index (χ2n) is 8.60. The Morgan fingerprint density at radius 2 is 1.63 bits per heavy atom. The summed E-state index contributed by atoms with van der Waals surface area (Å²) in [5.74, 6) is 2.07. The number of furan rings is 1. The summed E-state index contributed by atoms with van der Waals surface area (Å²) in [7, 11) is 4.78. The molecule has 9 nitrogen and oxygen atoms in total. The van der Waals surface area contributed by atoms with Crippen LogP contribution >= 0.6 is 0 Å². The van der Waals surface area contributed by atoms with Crippen LogP contribution in [-0.2, 0) is 27.3 Å². The molecule has 0 aliphatic rings. The maximum absolute atomic E-state index is 13.5. The van der Waals surface area contributed by atoms with Crippen LogP contribution in [0.3, 0.4) is 0 Å². The SMILES string of the molecule is COCCCN(CC(=O)N(CCc1ccc(OC)c(OC)c1)Cc1ccco1)C(=O)COc1ccccc1. The van der Waals surface area contributed by atoms with Crippen LogP contribution in [0, 0.1) is 0 Å². The van der Waals surface area contributed by atoms with E-state index in [2.05, 4.69) is 0 Å². The van der Waals surface area contributed by atoms with Gasteiger partial charge in [0.2, 0.25) is 5.91 Å². The normalized spacial score (nSPS) is 10.6. The van der Waals surface area contributed by atoms with Crippen LogP contribution in [0.25, 0.3) is 0 Å². The van der Waals surface area contributed by atoms with Crippen LogP contribution in [0.1, 0.15) is 17.7 Å². The maximum Gasteiger partial charge on any atom is 0.260 e. The monoisotopic (exact) mass is 524 g/mol. The van der Waals surface area contributed by atoms with Crippen LogP contribution in [0.5, 0.6) is 17.2 Å². The summed E-state index contributed by atoms with van der Waals surface area (Å²) in [5, 5.41) is 0. The van der Waals surface area contributed by atoms with Crippen molar-refractivity contribution in [3.63, 3.8) is 0 Å². The van der Waals surface area contributed by atoms with Crippen molar-refractivity contribution in [2.24, 2.45) is 0 Å². The van der Waals surface area contributed by atoms with Crippen LogP contribution in [0.2, 0.25) is 0 Å². The van der Waals surface area contributed by atoms with Crippen molar-refractivity contribution in [1.82, 2.24) is 9.80 Å². The number of amides is 2. The first-order chi connectivity index (χ1) is 18.5. The molecule has 1 heterocycles. The molecule has 0 unspecified atom stereocenters. The Labute approximate surface area is 223 Å². The lowest BCUT2D eigenvalue weighted by Gasteiger charge is -2.27. The smallest absolute Gasteiger partial charge is 0.260 e. The van der Waals surface area contributed by atoms with E-state index in [4.69, 9.17) is 23.4 Å². The third-order valence-corrected chi connectivity index (χ3v) is 5.96. The standard InChI is InChI=1S/C29H36N2O7/c1-34-17-8-15-30(29(33)22-38-24-9-5-4-6-10-24)21-28(32)31(20-25-11-7-18-37-25)16-14-23-12-13-26(35-2)27(19-23)36-3/h4-7,9-13,18-19H,8,14-17,20-22H2,1-3H3. The van der Waals surface area contributed by atoms with Crippen molar-refractivity contribution in [2.75, 3.05) is 54.2 Å². The highest BCUT2D eigenvalue weighted by molar-refractivity contribution is 5.85. The zero-order valence-electron chi connectivity index (χ0n) is 22.3. The van der Waals surface area contributed by atoms with Gasteiger partial charge in [-0.2, -0.15) is 0 Å². The molecule has 0 aliphatic heterocycles. The van der Waals surface area contributed by atoms with E-state index in [-0.39, 0.29) is 25.0 Å². The van der Waals surface area contributed by atoms with E-state index in [0.717, 1.165) is 5.56 Å². The lowest BCUT2D eigenvalue weighted by atomic mass is 10.1. The van der Waals surface area contributed by atoms with Crippen molar-refractivity contribution in [3.8, 4) is 17.2 Å². The molecule has 0 aliphatic carbocycles. The summed E-state index contributed by atoms with van der Waals surface area (Å²) >= 11 is 0. The molecule has 0 bridgehead atoms. The van der Waals surface area contributed by atoms with Crippen LogP contribution in [0.4, 0.5) is 0 Å². The third kappa shape index (κ3) is 8.85. The van der Waals surface area contributed by atoms with Gasteiger partial charge in [0.05, 0.1) is 33.6 Å². The van der Waals surface area contributed by atoms with Gasteiger partial charge >= 0.3 is 0 Å². The van der Waals surface area contributed by atoms with E-state index in [0.29, 0.717) is 62.1 Å². The zero-order valence-corrected chi connectivity index (χ0v) is 22.3. The van der Waals surface area contributed by atoms with E-state index in [1.54, 1.807) is 50.7 Å². The first kappa shape index (κ1) is 28.6. The summed E-state index contributed by atoms with van der Waals surface area (Å²) in [6.45, 7) is 1.34. The molecular weight excluding hydrogens is 488 g/mol. The second-order valence-corrected chi connectivity index (χ2v) is 8.60. The molecule has 0 saturated carbocycles. The van der Waals surface area contributed by atoms with E-state index in [9.17, 15) is 9.59 Å². The van der Waals surface area contributed by atoms with Gasteiger partial charge in [-0.25, -0.2) is 0 Å². The maximum atomic E-state index is 13.5. The highest BCUT2D eigenvalue weighted by Gasteiger charge is 2.23. The van der Waals surface area contributed by atoms with Crippen LogP contribution in [0.15, 0.2) is 71.3 Å². The molecule has 0 spiro atoms. The molecule has 2 aromatic carbocycles. The van der Waals surface area contributed by atoms with Gasteiger partial charge in [-0.05, 0) is 54.8 Å². The fourth-order valence-electron chi connectivity index (χ4n) is 3.89. The summed E-state index contributed by atoms with van der Waals surface area (Å²) in [5.41, 5.74) is 0.990. The quantitative estimate of drug-likeness (QED) is 0.263. The minimum absolute atomic E-state index is 0.0761. The Balaban J connectivity index is 1.69. The van der Waals surface area contributed by atoms with E-state index in [1.165, 1.54) is 4.90 Å². The molecule has 0 atom stereocenters. The first-order valence-corrected chi connectivity index (χ1v) is 12.5. The molecule has 9 heteroatoms. The number of hydrogen-bond donors (Lipinski definition) is 0. The third-order valence-electron chi connectivity index (χ3n) is 5.96. The molecule has 1 aromatic heterocycles. The van der Waals surface area contributed by atoms with E-state index < -0.39 is 0 Å². The predicted octanol–water partition coefficient (Wildman–Crippen LogP) is 3.81. The Kier molecular flexibility index (Phi) is 11.5. The van der Waals surface area contributed by atoms with Gasteiger partial charge in [0, 0.05) is 26.8 Å². The Hall–Kier alpha value is -3.98. The highest BCUT2D eigenvalue weighted by Crippen LogP contribution is 2.27. The number of nitrogens with zero attached hydrogens (tertiary/aromatic N) is 2. The summed E-state index contributed by atoms with van der Waals surface area (Å²) in [6.07, 6.45) is 2.76. The second kappa shape index (κ2) is 15.3. The number of para-hydroxylation sites is 1. The molecule has 38 heavy (non-hydrogen) atoms. The van der Waals surface area contributed by atoms with Gasteiger partial charge in [0.1, 0.15) is 11.5 Å². The number of methoxy groups -OCH3 is 3.